The summed E-state index contributed by atoms with van der Waals surface area (Å²) in [5, 5.41) is 41.0. The number of benzene rings is 1. The summed E-state index contributed by atoms with van der Waals surface area (Å²) in [5.41, 5.74) is 8.15. The molecular formula is C19H26N4O10S. The van der Waals surface area contributed by atoms with Gasteiger partial charge in [-0.05, 0) is 30.5 Å². The number of hydrogen-bond acceptors (Lipinski definition) is 11. The van der Waals surface area contributed by atoms with Gasteiger partial charge in [-0.25, -0.2) is 4.79 Å². The molecule has 15 heteroatoms. The summed E-state index contributed by atoms with van der Waals surface area (Å²) in [6, 6.07) is -0.00478. The normalized spacial score (nSPS) is 13.2. The second kappa shape index (κ2) is 13.9. The van der Waals surface area contributed by atoms with E-state index in [9.17, 15) is 39.3 Å². The molecule has 0 fully saturated rings. The molecule has 0 unspecified atom stereocenters. The number of phenolic OH excluding ortho intramolecular Hbond substituents is 2. The van der Waals surface area contributed by atoms with E-state index in [1.54, 1.807) is 0 Å². The molecule has 0 spiro atoms. The van der Waals surface area contributed by atoms with Crippen molar-refractivity contribution in [3.63, 3.8) is 0 Å². The fourth-order valence-corrected chi connectivity index (χ4v) is 2.75. The molecule has 0 aliphatic rings. The number of carboxylic acids is 2. The third kappa shape index (κ3) is 9.93. The number of hydroxylamine groups is 1. The van der Waals surface area contributed by atoms with Crippen LogP contribution in [0.15, 0.2) is 18.2 Å². The second-order valence-corrected chi connectivity index (χ2v) is 7.38. The van der Waals surface area contributed by atoms with Crippen molar-refractivity contribution >= 4 is 42.4 Å². The van der Waals surface area contributed by atoms with Crippen LogP contribution in [0.3, 0.4) is 0 Å². The number of aromatic hydroxyl groups is 2. The second-order valence-electron chi connectivity index (χ2n) is 7.02. The standard InChI is InChI=1S/C19H26N4O10S/c20-10(5-9-1-3-13(24)14(25)6-9)19(32)33-23-11(18(30)31)2-4-15(26)22-12(8-34)17(29)21-7-16(27)28/h1,3,6,10-12,23-25,34H,2,4-5,7-8,20H2,(H,21,29)(H,22,26)(H,27,28)(H,30,31)/t10-,11-,12-/m0/s1. The summed E-state index contributed by atoms with van der Waals surface area (Å²) in [4.78, 5) is 62.5. The summed E-state index contributed by atoms with van der Waals surface area (Å²) in [6.07, 6.45) is -0.786. The lowest BCUT2D eigenvalue weighted by molar-refractivity contribution is -0.159. The van der Waals surface area contributed by atoms with Crippen molar-refractivity contribution in [2.45, 2.75) is 37.4 Å². The minimum atomic E-state index is -1.48. The number of carbonyl (C=O) groups is 5. The van der Waals surface area contributed by atoms with Crippen molar-refractivity contribution in [1.29, 1.82) is 0 Å². The molecule has 0 saturated carbocycles. The van der Waals surface area contributed by atoms with E-state index in [4.69, 9.17) is 15.7 Å². The van der Waals surface area contributed by atoms with Gasteiger partial charge in [-0.15, -0.1) is 5.48 Å². The lowest BCUT2D eigenvalue weighted by Gasteiger charge is -2.18. The Morgan fingerprint density at radius 1 is 1.06 bits per heavy atom. The molecule has 1 rings (SSSR count). The third-order valence-electron chi connectivity index (χ3n) is 4.31. The molecule has 188 valence electrons. The monoisotopic (exact) mass is 502 g/mol. The Morgan fingerprint density at radius 3 is 2.29 bits per heavy atom. The maximum atomic E-state index is 12.1. The number of amides is 2. The lowest BCUT2D eigenvalue weighted by Crippen LogP contribution is -2.49. The molecule has 0 radical (unpaired) electrons. The van der Waals surface area contributed by atoms with Gasteiger partial charge in [0.25, 0.3) is 0 Å². The van der Waals surface area contributed by atoms with Crippen LogP contribution in [-0.2, 0) is 35.2 Å². The van der Waals surface area contributed by atoms with Gasteiger partial charge in [0.15, 0.2) is 11.5 Å². The molecule has 2 amide bonds. The van der Waals surface area contributed by atoms with Gasteiger partial charge in [-0.3, -0.25) is 19.2 Å². The van der Waals surface area contributed by atoms with Gasteiger partial charge in [0.2, 0.25) is 11.8 Å². The first-order valence-electron chi connectivity index (χ1n) is 9.79. The summed E-state index contributed by atoms with van der Waals surface area (Å²) in [7, 11) is 0. The van der Waals surface area contributed by atoms with Crippen molar-refractivity contribution in [3.05, 3.63) is 23.8 Å². The Labute approximate surface area is 198 Å². The predicted molar refractivity (Wildman–Crippen MR) is 118 cm³/mol. The molecule has 1 aromatic rings. The quantitative estimate of drug-likeness (QED) is 0.0753. The molecule has 34 heavy (non-hydrogen) atoms. The summed E-state index contributed by atoms with van der Waals surface area (Å²) < 4.78 is 0. The van der Waals surface area contributed by atoms with Gasteiger partial charge in [-0.2, -0.15) is 12.6 Å². The topological polar surface area (TPSA) is 238 Å². The Morgan fingerprint density at radius 2 is 1.74 bits per heavy atom. The summed E-state index contributed by atoms with van der Waals surface area (Å²) in [5.74, 6) is -6.08. The van der Waals surface area contributed by atoms with Crippen LogP contribution in [0.1, 0.15) is 18.4 Å². The van der Waals surface area contributed by atoms with E-state index in [0.717, 1.165) is 0 Å². The van der Waals surface area contributed by atoms with Crippen LogP contribution in [-0.4, -0.2) is 80.6 Å². The number of carbonyl (C=O) groups excluding carboxylic acids is 3. The largest absolute Gasteiger partial charge is 0.504 e. The maximum Gasteiger partial charge on any atom is 0.341 e. The van der Waals surface area contributed by atoms with Gasteiger partial charge in [0, 0.05) is 12.2 Å². The molecule has 9 N–H and O–H groups in total. The highest BCUT2D eigenvalue weighted by Crippen LogP contribution is 2.25. The van der Waals surface area contributed by atoms with E-state index in [1.165, 1.54) is 18.2 Å². The van der Waals surface area contributed by atoms with E-state index < -0.39 is 60.1 Å². The van der Waals surface area contributed by atoms with Crippen molar-refractivity contribution in [3.8, 4) is 11.5 Å². The fourth-order valence-electron chi connectivity index (χ4n) is 2.49. The zero-order chi connectivity index (χ0) is 25.8. The number of rotatable bonds is 14. The maximum absolute atomic E-state index is 12.1. The minimum absolute atomic E-state index is 0.0798. The molecule has 3 atom stereocenters. The Balaban J connectivity index is 2.53. The van der Waals surface area contributed by atoms with E-state index >= 15 is 0 Å². The van der Waals surface area contributed by atoms with Crippen LogP contribution in [0.4, 0.5) is 0 Å². The van der Waals surface area contributed by atoms with Gasteiger partial charge in [-0.1, -0.05) is 6.07 Å². The Kier molecular flexibility index (Phi) is 11.6. The van der Waals surface area contributed by atoms with Crippen LogP contribution in [0.2, 0.25) is 0 Å². The van der Waals surface area contributed by atoms with Crippen molar-refractivity contribution < 1.29 is 49.2 Å². The van der Waals surface area contributed by atoms with Gasteiger partial charge in [0.05, 0.1) is 0 Å². The van der Waals surface area contributed by atoms with Gasteiger partial charge < -0.3 is 41.6 Å². The summed E-state index contributed by atoms with van der Waals surface area (Å²) >= 11 is 3.91. The minimum Gasteiger partial charge on any atom is -0.504 e. The average Bonchev–Trinajstić information content (AvgIpc) is 2.77. The Bertz CT molecular complexity index is 913. The molecule has 14 nitrogen and oxygen atoms in total. The van der Waals surface area contributed by atoms with Crippen molar-refractivity contribution in [2.24, 2.45) is 5.73 Å². The molecule has 0 bridgehead atoms. The first-order chi connectivity index (χ1) is 15.9. The molecule has 0 saturated heterocycles. The Hall–Kier alpha value is -3.56. The third-order valence-corrected chi connectivity index (χ3v) is 4.67. The lowest BCUT2D eigenvalue weighted by atomic mass is 10.1. The molecule has 1 aromatic carbocycles. The molecule has 0 heterocycles. The number of nitrogens with two attached hydrogens (primary N) is 1. The van der Waals surface area contributed by atoms with Crippen molar-refractivity contribution in [2.75, 3.05) is 12.3 Å². The molecule has 0 aliphatic heterocycles. The van der Waals surface area contributed by atoms with Crippen LogP contribution in [0, 0.1) is 0 Å². The molecule has 0 aromatic heterocycles. The zero-order valence-electron chi connectivity index (χ0n) is 17.8. The van der Waals surface area contributed by atoms with Gasteiger partial charge >= 0.3 is 17.9 Å². The molecular weight excluding hydrogens is 476 g/mol. The molecule has 0 aliphatic carbocycles. The number of thiol groups is 1. The SMILES string of the molecule is N[C@@H](Cc1ccc(O)c(O)c1)C(=O)ON[C@@H](CCC(=O)N[C@@H](CS)C(=O)NCC(=O)O)C(=O)O. The van der Waals surface area contributed by atoms with Crippen LogP contribution >= 0.6 is 12.6 Å². The zero-order valence-corrected chi connectivity index (χ0v) is 18.7. The number of carboxylic acid groups (broad SMARTS) is 2. The predicted octanol–water partition coefficient (Wildman–Crippen LogP) is -2.14. The highest BCUT2D eigenvalue weighted by molar-refractivity contribution is 7.80. The van der Waals surface area contributed by atoms with Gasteiger partial charge in [0.1, 0.15) is 24.7 Å². The first-order valence-corrected chi connectivity index (χ1v) is 10.4. The first kappa shape index (κ1) is 28.5. The number of aliphatic carboxylic acids is 2. The van der Waals surface area contributed by atoms with Crippen LogP contribution in [0.25, 0.3) is 0 Å². The van der Waals surface area contributed by atoms with Crippen molar-refractivity contribution in [1.82, 2.24) is 16.1 Å². The fraction of sp³-hybridized carbons (Fsp3) is 0.421. The number of nitrogens with one attached hydrogen (secondary N) is 3. The number of phenols is 2. The number of hydrogen-bond donors (Lipinski definition) is 9. The van der Waals surface area contributed by atoms with E-state index in [1.807, 2.05) is 5.48 Å². The van der Waals surface area contributed by atoms with E-state index in [-0.39, 0.29) is 30.8 Å². The van der Waals surface area contributed by atoms with Crippen LogP contribution < -0.4 is 21.8 Å². The highest BCUT2D eigenvalue weighted by atomic mass is 32.1. The average molecular weight is 503 g/mol. The van der Waals surface area contributed by atoms with E-state index in [0.29, 0.717) is 5.56 Å². The highest BCUT2D eigenvalue weighted by Gasteiger charge is 2.25. The van der Waals surface area contributed by atoms with Crippen LogP contribution in [0.5, 0.6) is 11.5 Å². The smallest absolute Gasteiger partial charge is 0.341 e. The van der Waals surface area contributed by atoms with E-state index in [2.05, 4.69) is 23.3 Å². The summed E-state index contributed by atoms with van der Waals surface area (Å²) in [6.45, 7) is -0.647.